The van der Waals surface area contributed by atoms with E-state index in [0.717, 1.165) is 42.4 Å². The van der Waals surface area contributed by atoms with E-state index >= 15 is 0 Å². The molecule has 2 aromatic rings. The third-order valence-corrected chi connectivity index (χ3v) is 9.60. The molecule has 2 aromatic carbocycles. The van der Waals surface area contributed by atoms with Gasteiger partial charge in [-0.2, -0.15) is 0 Å². The summed E-state index contributed by atoms with van der Waals surface area (Å²) in [5, 5.41) is 3.03. The van der Waals surface area contributed by atoms with Crippen LogP contribution in [0.25, 0.3) is 0 Å². The van der Waals surface area contributed by atoms with E-state index in [1.807, 2.05) is 17.0 Å². The quantitative estimate of drug-likeness (QED) is 0.631. The minimum atomic E-state index is -3.25. The van der Waals surface area contributed by atoms with E-state index in [0.29, 0.717) is 13.1 Å². The molecule has 2 heterocycles. The van der Waals surface area contributed by atoms with Crippen molar-refractivity contribution in [1.29, 1.82) is 0 Å². The van der Waals surface area contributed by atoms with E-state index in [-0.39, 0.29) is 16.3 Å². The largest absolute Gasteiger partial charge is 0.494 e. The number of carbonyl (C=O) groups excluding carboxylic acids is 1. The first kappa shape index (κ1) is 25.3. The van der Waals surface area contributed by atoms with Crippen molar-refractivity contribution in [3.05, 3.63) is 53.6 Å². The Morgan fingerprint density at radius 3 is 2.19 bits per heavy atom. The van der Waals surface area contributed by atoms with Crippen LogP contribution in [0.5, 0.6) is 0 Å². The van der Waals surface area contributed by atoms with Crippen molar-refractivity contribution in [2.45, 2.75) is 81.4 Å². The van der Waals surface area contributed by atoms with Crippen LogP contribution < -0.4 is 15.7 Å². The van der Waals surface area contributed by atoms with Crippen molar-refractivity contribution in [3.8, 4) is 0 Å². The molecule has 0 bridgehead atoms. The molecule has 0 aromatic heterocycles. The Morgan fingerprint density at radius 1 is 1.00 bits per heavy atom. The van der Waals surface area contributed by atoms with E-state index in [2.05, 4.69) is 39.1 Å². The fourth-order valence-electron chi connectivity index (χ4n) is 5.60. The van der Waals surface area contributed by atoms with Crippen LogP contribution in [0, 0.1) is 0 Å². The summed E-state index contributed by atoms with van der Waals surface area (Å²) in [5.41, 5.74) is 3.14. The van der Waals surface area contributed by atoms with Crippen molar-refractivity contribution < 1.29 is 22.5 Å². The first-order chi connectivity index (χ1) is 16.8. The highest BCUT2D eigenvalue weighted by atomic mass is 32.2. The van der Waals surface area contributed by atoms with Gasteiger partial charge in [0.25, 0.3) is 0 Å². The molecular formula is C27H35BN2O5S. The minimum absolute atomic E-state index is 0.0382. The van der Waals surface area contributed by atoms with Gasteiger partial charge in [0.2, 0.25) is 0 Å². The average molecular weight is 510 g/mol. The van der Waals surface area contributed by atoms with Gasteiger partial charge in [0, 0.05) is 30.4 Å². The molecule has 7 nitrogen and oxygen atoms in total. The van der Waals surface area contributed by atoms with Gasteiger partial charge in [-0.05, 0) is 75.3 Å². The summed E-state index contributed by atoms with van der Waals surface area (Å²) in [7, 11) is -3.68. The topological polar surface area (TPSA) is 84.9 Å². The van der Waals surface area contributed by atoms with Gasteiger partial charge in [0.05, 0.1) is 16.1 Å². The molecule has 9 heteroatoms. The molecule has 0 atom stereocenters. The molecule has 36 heavy (non-hydrogen) atoms. The van der Waals surface area contributed by atoms with Crippen molar-refractivity contribution in [2.24, 2.45) is 0 Å². The number of amides is 2. The zero-order chi connectivity index (χ0) is 25.9. The average Bonchev–Trinajstić information content (AvgIpc) is 3.47. The molecule has 5 rings (SSSR count). The normalized spacial score (nSPS) is 21.7. The van der Waals surface area contributed by atoms with Crippen LogP contribution >= 0.6 is 0 Å². The summed E-state index contributed by atoms with van der Waals surface area (Å²) < 4.78 is 36.0. The van der Waals surface area contributed by atoms with Gasteiger partial charge < -0.3 is 14.6 Å². The molecule has 1 saturated carbocycles. The van der Waals surface area contributed by atoms with Crippen LogP contribution in [0.2, 0.25) is 0 Å². The highest BCUT2D eigenvalue weighted by Gasteiger charge is 2.53. The summed E-state index contributed by atoms with van der Waals surface area (Å²) >= 11 is 0. The summed E-state index contributed by atoms with van der Waals surface area (Å²) in [5.74, 6) is 0. The summed E-state index contributed by atoms with van der Waals surface area (Å²) in [6, 6.07) is 12.7. The lowest BCUT2D eigenvalue weighted by atomic mass is 9.74. The fraction of sp³-hybridized carbons (Fsp3) is 0.519. The highest BCUT2D eigenvalue weighted by molar-refractivity contribution is 7.90. The molecule has 2 amide bonds. The number of rotatable bonds is 4. The first-order valence-corrected chi connectivity index (χ1v) is 14.6. The first-order valence-electron chi connectivity index (χ1n) is 12.7. The van der Waals surface area contributed by atoms with Gasteiger partial charge in [-0.25, -0.2) is 13.2 Å². The summed E-state index contributed by atoms with van der Waals surface area (Å²) in [6.07, 6.45) is 5.61. The lowest BCUT2D eigenvalue weighted by molar-refractivity contribution is 0.00578. The van der Waals surface area contributed by atoms with Crippen LogP contribution in [0.1, 0.15) is 64.5 Å². The van der Waals surface area contributed by atoms with Gasteiger partial charge in [0.15, 0.2) is 9.84 Å². The van der Waals surface area contributed by atoms with Gasteiger partial charge in [0.1, 0.15) is 0 Å². The summed E-state index contributed by atoms with van der Waals surface area (Å²) in [4.78, 5) is 15.5. The van der Waals surface area contributed by atoms with Crippen LogP contribution in [0.15, 0.2) is 47.4 Å². The van der Waals surface area contributed by atoms with Gasteiger partial charge >= 0.3 is 13.1 Å². The Bertz CT molecular complexity index is 1270. The van der Waals surface area contributed by atoms with Crippen LogP contribution in [-0.2, 0) is 31.1 Å². The van der Waals surface area contributed by atoms with Crippen molar-refractivity contribution in [2.75, 3.05) is 17.7 Å². The third kappa shape index (κ3) is 4.35. The molecule has 1 N–H and O–H groups in total. The number of hydrogen-bond donors (Lipinski definition) is 1. The number of nitrogens with one attached hydrogen (secondary N) is 1. The molecule has 1 spiro atoms. The molecule has 3 aliphatic rings. The number of urea groups is 1. The lowest BCUT2D eigenvalue weighted by Gasteiger charge is -2.32. The van der Waals surface area contributed by atoms with E-state index in [4.69, 9.17) is 9.31 Å². The Hall–Kier alpha value is -2.36. The van der Waals surface area contributed by atoms with Crippen LogP contribution in [0.3, 0.4) is 0 Å². The number of nitrogens with zero attached hydrogens (tertiary/aromatic N) is 1. The number of fused-ring (bicyclic) bond motifs is 2. The molecule has 2 fully saturated rings. The maximum absolute atomic E-state index is 13.3. The lowest BCUT2D eigenvalue weighted by Crippen LogP contribution is -2.41. The SMILES string of the molecule is CC1(C)OB(c2ccc3c(c2)C2(CCCC2)CN3C(=O)NCc2ccc(S(C)(=O)=O)cc2)OC1(C)C. The molecule has 2 aliphatic heterocycles. The molecular weight excluding hydrogens is 475 g/mol. The second-order valence-corrected chi connectivity index (χ2v) is 13.5. The number of sulfone groups is 1. The second kappa shape index (κ2) is 8.60. The van der Waals surface area contributed by atoms with Gasteiger partial charge in [-0.15, -0.1) is 0 Å². The van der Waals surface area contributed by atoms with E-state index in [1.165, 1.54) is 11.8 Å². The van der Waals surface area contributed by atoms with Gasteiger partial charge in [-0.3, -0.25) is 4.90 Å². The monoisotopic (exact) mass is 510 g/mol. The maximum atomic E-state index is 13.3. The number of benzene rings is 2. The van der Waals surface area contributed by atoms with E-state index in [9.17, 15) is 13.2 Å². The Balaban J connectivity index is 1.36. The maximum Gasteiger partial charge on any atom is 0.494 e. The van der Waals surface area contributed by atoms with Crippen molar-refractivity contribution in [3.63, 3.8) is 0 Å². The Kier molecular flexibility index (Phi) is 6.05. The molecule has 192 valence electrons. The predicted molar refractivity (Wildman–Crippen MR) is 141 cm³/mol. The number of hydrogen-bond acceptors (Lipinski definition) is 5. The van der Waals surface area contributed by atoms with E-state index in [1.54, 1.807) is 24.3 Å². The fourth-order valence-corrected chi connectivity index (χ4v) is 6.23. The predicted octanol–water partition coefficient (Wildman–Crippen LogP) is 3.93. The Morgan fingerprint density at radius 2 is 1.61 bits per heavy atom. The molecule has 0 unspecified atom stereocenters. The molecule has 0 radical (unpaired) electrons. The Labute approximate surface area is 214 Å². The van der Waals surface area contributed by atoms with E-state index < -0.39 is 28.2 Å². The molecule has 1 saturated heterocycles. The summed E-state index contributed by atoms with van der Waals surface area (Å²) in [6.45, 7) is 9.21. The smallest absolute Gasteiger partial charge is 0.399 e. The van der Waals surface area contributed by atoms with Crippen LogP contribution in [-0.4, -0.2) is 45.6 Å². The van der Waals surface area contributed by atoms with Gasteiger partial charge in [-0.1, -0.05) is 37.1 Å². The molecule has 1 aliphatic carbocycles. The highest BCUT2D eigenvalue weighted by Crippen LogP contribution is 2.50. The third-order valence-electron chi connectivity index (χ3n) is 8.47. The van der Waals surface area contributed by atoms with Crippen molar-refractivity contribution >= 4 is 34.1 Å². The number of carbonyl (C=O) groups is 1. The minimum Gasteiger partial charge on any atom is -0.399 e. The number of anilines is 1. The van der Waals surface area contributed by atoms with Crippen LogP contribution in [0.4, 0.5) is 10.5 Å². The zero-order valence-electron chi connectivity index (χ0n) is 21.8. The second-order valence-electron chi connectivity index (χ2n) is 11.5. The zero-order valence-corrected chi connectivity index (χ0v) is 22.6. The standard InChI is InChI=1S/C27H35BN2O5S/c1-25(2)26(3,4)35-28(34-25)20-10-13-23-22(16-20)27(14-6-7-15-27)18-30(23)24(31)29-17-19-8-11-21(12-9-19)36(5,32)33/h8-13,16H,6-7,14-15,17-18H2,1-5H3,(H,29,31). The van der Waals surface area contributed by atoms with Crippen molar-refractivity contribution in [1.82, 2.24) is 5.32 Å².